The molecule has 0 atom stereocenters. The van der Waals surface area contributed by atoms with Crippen LogP contribution in [0.15, 0.2) is 61.3 Å². The summed E-state index contributed by atoms with van der Waals surface area (Å²) in [5, 5.41) is 0. The molecule has 0 saturated carbocycles. The van der Waals surface area contributed by atoms with Crippen molar-refractivity contribution in [2.45, 2.75) is 0 Å². The van der Waals surface area contributed by atoms with Crippen molar-refractivity contribution in [1.29, 1.82) is 0 Å². The van der Waals surface area contributed by atoms with Crippen molar-refractivity contribution >= 4 is 11.2 Å². The van der Waals surface area contributed by atoms with Crippen molar-refractivity contribution in [3.63, 3.8) is 0 Å². The maximum absolute atomic E-state index is 4.45. The maximum atomic E-state index is 4.45. The van der Waals surface area contributed by atoms with Crippen LogP contribution in [0.2, 0.25) is 0 Å². The number of aromatic amines is 1. The van der Waals surface area contributed by atoms with Crippen molar-refractivity contribution in [2.24, 2.45) is 0 Å². The Morgan fingerprint density at radius 3 is 2.57 bits per heavy atom. The number of benzene rings is 1. The van der Waals surface area contributed by atoms with Crippen LogP contribution in [0.1, 0.15) is 0 Å². The summed E-state index contributed by atoms with van der Waals surface area (Å²) in [4.78, 5) is 20.2. The highest BCUT2D eigenvalue weighted by Gasteiger charge is 2.07. The normalized spacial score (nSPS) is 10.9. The quantitative estimate of drug-likeness (QED) is 0.609. The number of imidazole rings is 1. The predicted molar refractivity (Wildman–Crippen MR) is 80.4 cm³/mol. The monoisotopic (exact) mass is 273 g/mol. The zero-order chi connectivity index (χ0) is 14.1. The maximum Gasteiger partial charge on any atom is 0.181 e. The second-order valence-corrected chi connectivity index (χ2v) is 4.66. The van der Waals surface area contributed by atoms with Crippen LogP contribution in [0.3, 0.4) is 0 Å². The third-order valence-electron chi connectivity index (χ3n) is 3.28. The molecule has 0 bridgehead atoms. The molecule has 0 saturated heterocycles. The molecule has 5 nitrogen and oxygen atoms in total. The van der Waals surface area contributed by atoms with Crippen LogP contribution in [-0.2, 0) is 0 Å². The van der Waals surface area contributed by atoms with Crippen LogP contribution in [0.25, 0.3) is 33.7 Å². The van der Waals surface area contributed by atoms with Crippen LogP contribution in [0, 0.1) is 0 Å². The fourth-order valence-electron chi connectivity index (χ4n) is 2.23. The number of nitrogens with one attached hydrogen (secondary N) is 1. The molecular formula is C16H11N5. The van der Waals surface area contributed by atoms with Gasteiger partial charge in [0, 0.05) is 23.5 Å². The number of rotatable bonds is 2. The van der Waals surface area contributed by atoms with Crippen LogP contribution in [0.5, 0.6) is 0 Å². The van der Waals surface area contributed by atoms with Gasteiger partial charge in [0.05, 0.1) is 12.5 Å². The van der Waals surface area contributed by atoms with Gasteiger partial charge in [0.2, 0.25) is 0 Å². The molecule has 5 heteroatoms. The van der Waals surface area contributed by atoms with E-state index in [0.717, 1.165) is 22.2 Å². The number of aromatic nitrogens is 5. The van der Waals surface area contributed by atoms with E-state index in [1.807, 2.05) is 30.5 Å². The highest BCUT2D eigenvalue weighted by atomic mass is 15.0. The predicted octanol–water partition coefficient (Wildman–Crippen LogP) is 3.08. The zero-order valence-corrected chi connectivity index (χ0v) is 11.1. The van der Waals surface area contributed by atoms with Gasteiger partial charge in [-0.25, -0.2) is 15.0 Å². The molecule has 0 aliphatic rings. The summed E-state index contributed by atoms with van der Waals surface area (Å²) in [6.45, 7) is 0. The first-order valence-corrected chi connectivity index (χ1v) is 6.57. The molecule has 3 aromatic heterocycles. The lowest BCUT2D eigenvalue weighted by atomic mass is 10.1. The van der Waals surface area contributed by atoms with E-state index in [1.165, 1.54) is 0 Å². The van der Waals surface area contributed by atoms with Crippen molar-refractivity contribution in [1.82, 2.24) is 24.9 Å². The van der Waals surface area contributed by atoms with Crippen LogP contribution < -0.4 is 0 Å². The van der Waals surface area contributed by atoms with Gasteiger partial charge in [-0.3, -0.25) is 4.98 Å². The van der Waals surface area contributed by atoms with E-state index in [9.17, 15) is 0 Å². The standard InChI is InChI=1S/C16H11N5/c1-2-4-11(5-3-1)12-6-13(8-17-7-12)15-18-9-14-16(21-15)20-10-19-14/h1-10H,(H,18,19,20,21). The molecule has 100 valence electrons. The Kier molecular flexibility index (Phi) is 2.67. The Bertz CT molecular complexity index is 899. The first kappa shape index (κ1) is 11.7. The topological polar surface area (TPSA) is 67.3 Å². The number of pyridine rings is 1. The molecule has 0 fully saturated rings. The van der Waals surface area contributed by atoms with E-state index in [4.69, 9.17) is 0 Å². The molecule has 3 heterocycles. The Labute approximate surface area is 120 Å². The Morgan fingerprint density at radius 2 is 1.67 bits per heavy atom. The van der Waals surface area contributed by atoms with E-state index < -0.39 is 0 Å². The molecule has 0 amide bonds. The lowest BCUT2D eigenvalue weighted by Crippen LogP contribution is -1.91. The van der Waals surface area contributed by atoms with Gasteiger partial charge < -0.3 is 4.98 Å². The summed E-state index contributed by atoms with van der Waals surface area (Å²) in [7, 11) is 0. The molecule has 0 aliphatic heterocycles. The van der Waals surface area contributed by atoms with Crippen LogP contribution in [0.4, 0.5) is 0 Å². The van der Waals surface area contributed by atoms with E-state index in [1.54, 1.807) is 18.7 Å². The summed E-state index contributed by atoms with van der Waals surface area (Å²) in [5.41, 5.74) is 4.52. The zero-order valence-electron chi connectivity index (χ0n) is 11.1. The summed E-state index contributed by atoms with van der Waals surface area (Å²) in [5.74, 6) is 0.625. The van der Waals surface area contributed by atoms with Gasteiger partial charge in [-0.2, -0.15) is 0 Å². The minimum absolute atomic E-state index is 0.625. The molecule has 0 radical (unpaired) electrons. The largest absolute Gasteiger partial charge is 0.342 e. The van der Waals surface area contributed by atoms with Gasteiger partial charge in [-0.15, -0.1) is 0 Å². The van der Waals surface area contributed by atoms with Crippen molar-refractivity contribution in [3.8, 4) is 22.5 Å². The van der Waals surface area contributed by atoms with Crippen LogP contribution >= 0.6 is 0 Å². The third-order valence-corrected chi connectivity index (χ3v) is 3.28. The fraction of sp³-hybridized carbons (Fsp3) is 0. The Balaban J connectivity index is 1.81. The molecule has 1 N–H and O–H groups in total. The van der Waals surface area contributed by atoms with E-state index >= 15 is 0 Å². The highest BCUT2D eigenvalue weighted by Crippen LogP contribution is 2.23. The first-order chi connectivity index (χ1) is 10.4. The lowest BCUT2D eigenvalue weighted by molar-refractivity contribution is 1.19. The van der Waals surface area contributed by atoms with Crippen LogP contribution in [-0.4, -0.2) is 24.9 Å². The highest BCUT2D eigenvalue weighted by molar-refractivity contribution is 5.73. The first-order valence-electron chi connectivity index (χ1n) is 6.57. The molecule has 0 aliphatic carbocycles. The average molecular weight is 273 g/mol. The van der Waals surface area contributed by atoms with Gasteiger partial charge in [0.25, 0.3) is 0 Å². The summed E-state index contributed by atoms with van der Waals surface area (Å²) in [6.07, 6.45) is 6.95. The minimum Gasteiger partial charge on any atom is -0.342 e. The molecule has 4 rings (SSSR count). The second-order valence-electron chi connectivity index (χ2n) is 4.66. The lowest BCUT2D eigenvalue weighted by Gasteiger charge is -2.04. The summed E-state index contributed by atoms with van der Waals surface area (Å²) in [6, 6.07) is 12.2. The molecule has 1 aromatic carbocycles. The van der Waals surface area contributed by atoms with Crippen molar-refractivity contribution in [2.75, 3.05) is 0 Å². The minimum atomic E-state index is 0.625. The van der Waals surface area contributed by atoms with Gasteiger partial charge in [-0.05, 0) is 11.6 Å². The molecule has 4 aromatic rings. The number of hydrogen-bond acceptors (Lipinski definition) is 4. The van der Waals surface area contributed by atoms with Gasteiger partial charge in [-0.1, -0.05) is 30.3 Å². The molecule has 21 heavy (non-hydrogen) atoms. The number of H-pyrrole nitrogens is 1. The van der Waals surface area contributed by atoms with Gasteiger partial charge in [0.15, 0.2) is 11.5 Å². The van der Waals surface area contributed by atoms with Gasteiger partial charge >= 0.3 is 0 Å². The molecule has 0 unspecified atom stereocenters. The molecule has 0 spiro atoms. The number of nitrogens with zero attached hydrogens (tertiary/aromatic N) is 4. The second kappa shape index (κ2) is 4.79. The van der Waals surface area contributed by atoms with Crippen molar-refractivity contribution < 1.29 is 0 Å². The average Bonchev–Trinajstić information content (AvgIpc) is 3.03. The number of fused-ring (bicyclic) bond motifs is 1. The summed E-state index contributed by atoms with van der Waals surface area (Å²) >= 11 is 0. The Morgan fingerprint density at radius 1 is 0.810 bits per heavy atom. The number of hydrogen-bond donors (Lipinski definition) is 1. The van der Waals surface area contributed by atoms with E-state index in [2.05, 4.69) is 37.1 Å². The third kappa shape index (κ3) is 2.14. The SMILES string of the molecule is c1ccc(-c2cncc(-c3ncc4[nH]cnc4n3)c2)cc1. The smallest absolute Gasteiger partial charge is 0.181 e. The van der Waals surface area contributed by atoms with E-state index in [-0.39, 0.29) is 0 Å². The fourth-order valence-corrected chi connectivity index (χ4v) is 2.23. The van der Waals surface area contributed by atoms with Crippen molar-refractivity contribution in [3.05, 3.63) is 61.3 Å². The Hall–Kier alpha value is -3.08. The molecular weight excluding hydrogens is 262 g/mol. The summed E-state index contributed by atoms with van der Waals surface area (Å²) < 4.78 is 0. The van der Waals surface area contributed by atoms with Gasteiger partial charge in [0.1, 0.15) is 5.52 Å². The van der Waals surface area contributed by atoms with E-state index in [0.29, 0.717) is 11.5 Å².